The Morgan fingerprint density at radius 2 is 1.50 bits per heavy atom. The number of H-pyrrole nitrogens is 1. The van der Waals surface area contributed by atoms with Crippen molar-refractivity contribution in [3.05, 3.63) is 146 Å². The third-order valence-electron chi connectivity index (χ3n) is 11.1. The lowest BCUT2D eigenvalue weighted by atomic mass is 9.79. The number of anilines is 1. The lowest BCUT2D eigenvalue weighted by Gasteiger charge is -2.28. The molecule has 8 rings (SSSR count). The first-order valence-electron chi connectivity index (χ1n) is 20.1. The number of alkyl halides is 2. The second kappa shape index (κ2) is 17.7. The molecule has 1 aliphatic carbocycles. The smallest absolute Gasteiger partial charge is 0.508 e. The molecule has 1 fully saturated rings. The summed E-state index contributed by atoms with van der Waals surface area (Å²) in [5.41, 5.74) is 4.75. The number of ether oxygens (including phenoxy) is 2. The van der Waals surface area contributed by atoms with Gasteiger partial charge in [0, 0.05) is 46.5 Å². The van der Waals surface area contributed by atoms with Crippen molar-refractivity contribution in [2.75, 3.05) is 5.32 Å². The number of Topliss-reactive ketones (excluding diaryl/α,β-unsaturated/α-hetero) is 1. The maximum absolute atomic E-state index is 13.4. The zero-order valence-electron chi connectivity index (χ0n) is 35.4. The SMILES string of the molecule is C.C.CC(C)(C)c1cc(C(C)(C)C)c(NC(=O)c2c[nH]c3ccccc3c2=O)cc1O.Cc1ccc(CC(=O)C2(c3ccc4c(c3)OC(F)(F)O4)CC2)nc1-c1cccc(C(=O)O)c1. The minimum atomic E-state index is -3.71. The number of nitrogens with zero attached hydrogens (tertiary/aromatic N) is 1. The molecule has 13 heteroatoms. The third-order valence-corrected chi connectivity index (χ3v) is 11.1. The van der Waals surface area contributed by atoms with Crippen molar-refractivity contribution < 1.29 is 42.9 Å². The first-order chi connectivity index (χ1) is 29.1. The number of carboxylic acids is 1. The number of carboxylic acid groups (broad SMARTS) is 1. The van der Waals surface area contributed by atoms with E-state index in [9.17, 15) is 38.2 Å². The van der Waals surface area contributed by atoms with Crippen LogP contribution in [0.15, 0.2) is 102 Å². The van der Waals surface area contributed by atoms with Crippen LogP contribution < -0.4 is 20.2 Å². The molecular weight excluding hydrogens is 821 g/mol. The number of nitrogens with one attached hydrogen (secondary N) is 2. The first kappa shape index (κ1) is 48.1. The molecule has 1 aliphatic heterocycles. The van der Waals surface area contributed by atoms with Gasteiger partial charge in [0.2, 0.25) is 5.43 Å². The van der Waals surface area contributed by atoms with E-state index >= 15 is 0 Å². The van der Waals surface area contributed by atoms with E-state index in [1.54, 1.807) is 54.6 Å². The molecule has 4 N–H and O–H groups in total. The number of aromatic carboxylic acids is 1. The molecular formula is C51H55F2N3O8. The Labute approximate surface area is 371 Å². The molecule has 6 aromatic rings. The monoisotopic (exact) mass is 875 g/mol. The van der Waals surface area contributed by atoms with E-state index in [0.29, 0.717) is 51.9 Å². The number of aromatic nitrogens is 2. The molecule has 0 spiro atoms. The minimum Gasteiger partial charge on any atom is -0.508 e. The Hall–Kier alpha value is -6.89. The van der Waals surface area contributed by atoms with Crippen LogP contribution in [0.4, 0.5) is 14.5 Å². The van der Waals surface area contributed by atoms with Gasteiger partial charge in [-0.2, -0.15) is 0 Å². The van der Waals surface area contributed by atoms with Gasteiger partial charge in [-0.05, 0) is 101 Å². The molecule has 0 unspecified atom stereocenters. The van der Waals surface area contributed by atoms with Crippen molar-refractivity contribution in [2.45, 2.75) is 105 Å². The van der Waals surface area contributed by atoms with Gasteiger partial charge in [-0.1, -0.05) is 92.8 Å². The lowest BCUT2D eigenvalue weighted by molar-refractivity contribution is -0.286. The van der Waals surface area contributed by atoms with Crippen molar-refractivity contribution in [1.82, 2.24) is 9.97 Å². The number of aryl methyl sites for hydroxylation is 1. The molecule has 4 aromatic carbocycles. The highest BCUT2D eigenvalue weighted by Crippen LogP contribution is 2.52. The number of benzene rings is 4. The normalized spacial score (nSPS) is 14.3. The van der Waals surface area contributed by atoms with Crippen molar-refractivity contribution in [3.63, 3.8) is 0 Å². The summed E-state index contributed by atoms with van der Waals surface area (Å²) in [6, 6.07) is 25.2. The summed E-state index contributed by atoms with van der Waals surface area (Å²) in [5.74, 6) is -1.61. The number of hydrogen-bond acceptors (Lipinski definition) is 8. The highest BCUT2D eigenvalue weighted by Gasteiger charge is 2.52. The van der Waals surface area contributed by atoms with Crippen LogP contribution in [0.1, 0.15) is 118 Å². The third kappa shape index (κ3) is 9.83. The molecule has 2 aromatic heterocycles. The van der Waals surface area contributed by atoms with E-state index in [0.717, 1.165) is 16.7 Å². The summed E-state index contributed by atoms with van der Waals surface area (Å²) in [6.07, 6.45) is -0.985. The molecule has 2 aliphatic rings. The second-order valence-corrected chi connectivity index (χ2v) is 17.8. The number of phenols is 1. The van der Waals surface area contributed by atoms with Crippen LogP contribution in [0.25, 0.3) is 22.2 Å². The second-order valence-electron chi connectivity index (χ2n) is 17.8. The van der Waals surface area contributed by atoms with Crippen LogP contribution in [0.5, 0.6) is 17.2 Å². The molecule has 0 radical (unpaired) electrons. The summed E-state index contributed by atoms with van der Waals surface area (Å²) < 4.78 is 35.7. The average Bonchev–Trinajstić information content (AvgIpc) is 3.95. The summed E-state index contributed by atoms with van der Waals surface area (Å²) in [5, 5.41) is 23.1. The van der Waals surface area contributed by atoms with Gasteiger partial charge in [0.25, 0.3) is 5.91 Å². The molecule has 64 heavy (non-hydrogen) atoms. The zero-order valence-corrected chi connectivity index (χ0v) is 35.4. The predicted molar refractivity (Wildman–Crippen MR) is 245 cm³/mol. The fourth-order valence-corrected chi connectivity index (χ4v) is 7.63. The van der Waals surface area contributed by atoms with E-state index in [1.807, 2.05) is 66.7 Å². The van der Waals surface area contributed by atoms with Gasteiger partial charge >= 0.3 is 12.3 Å². The Morgan fingerprint density at radius 3 is 2.16 bits per heavy atom. The van der Waals surface area contributed by atoms with Gasteiger partial charge < -0.3 is 30.0 Å². The van der Waals surface area contributed by atoms with E-state index < -0.39 is 23.6 Å². The van der Waals surface area contributed by atoms with Crippen LogP contribution >= 0.6 is 0 Å². The summed E-state index contributed by atoms with van der Waals surface area (Å²) >= 11 is 0. The number of hydrogen-bond donors (Lipinski definition) is 4. The largest absolute Gasteiger partial charge is 0.586 e. The van der Waals surface area contributed by atoms with Crippen LogP contribution in [0.3, 0.4) is 0 Å². The highest BCUT2D eigenvalue weighted by atomic mass is 19.3. The molecule has 3 heterocycles. The maximum atomic E-state index is 13.4. The number of carbonyl (C=O) groups is 3. The predicted octanol–water partition coefficient (Wildman–Crippen LogP) is 11.3. The average molecular weight is 876 g/mol. The highest BCUT2D eigenvalue weighted by molar-refractivity contribution is 6.06. The van der Waals surface area contributed by atoms with Gasteiger partial charge in [-0.15, -0.1) is 8.78 Å². The van der Waals surface area contributed by atoms with Gasteiger partial charge in [0.05, 0.1) is 16.7 Å². The number of para-hydroxylation sites is 1. The zero-order chi connectivity index (χ0) is 44.9. The molecule has 0 bridgehead atoms. The number of aromatic amines is 1. The van der Waals surface area contributed by atoms with Gasteiger partial charge in [-0.25, -0.2) is 4.79 Å². The Morgan fingerprint density at radius 1 is 0.828 bits per heavy atom. The summed E-state index contributed by atoms with van der Waals surface area (Å²) in [6.45, 7) is 14.1. The number of ketones is 1. The molecule has 11 nitrogen and oxygen atoms in total. The minimum absolute atomic E-state index is 0. The maximum Gasteiger partial charge on any atom is 0.586 e. The topological polar surface area (TPSA) is 168 Å². The van der Waals surface area contributed by atoms with E-state index in [1.165, 1.54) is 24.4 Å². The van der Waals surface area contributed by atoms with Crippen LogP contribution in [-0.4, -0.2) is 44.1 Å². The first-order valence-corrected chi connectivity index (χ1v) is 20.1. The number of carbonyl (C=O) groups excluding carboxylic acids is 2. The fraction of sp³-hybridized carbons (Fsp3) is 0.314. The van der Waals surface area contributed by atoms with Gasteiger partial charge in [-0.3, -0.25) is 19.4 Å². The molecule has 1 saturated carbocycles. The number of rotatable bonds is 8. The van der Waals surface area contributed by atoms with Crippen molar-refractivity contribution in [3.8, 4) is 28.5 Å². The number of phenolic OH excluding ortho intramolecular Hbond substituents is 1. The number of halogens is 2. The van der Waals surface area contributed by atoms with Crippen molar-refractivity contribution in [1.29, 1.82) is 0 Å². The Kier molecular flexibility index (Phi) is 13.3. The van der Waals surface area contributed by atoms with E-state index in [4.69, 9.17) is 0 Å². The van der Waals surface area contributed by atoms with E-state index in [2.05, 4.69) is 24.8 Å². The fourth-order valence-electron chi connectivity index (χ4n) is 7.63. The van der Waals surface area contributed by atoms with Crippen LogP contribution in [0.2, 0.25) is 0 Å². The van der Waals surface area contributed by atoms with E-state index in [-0.39, 0.29) is 71.7 Å². The Bertz CT molecular complexity index is 2830. The number of fused-ring (bicyclic) bond motifs is 2. The summed E-state index contributed by atoms with van der Waals surface area (Å²) in [7, 11) is 0. The van der Waals surface area contributed by atoms with Crippen LogP contribution in [0, 0.1) is 6.92 Å². The van der Waals surface area contributed by atoms with Gasteiger partial charge in [0.15, 0.2) is 11.5 Å². The lowest BCUT2D eigenvalue weighted by Crippen LogP contribution is -2.26. The number of pyridine rings is 2. The molecule has 336 valence electrons. The summed E-state index contributed by atoms with van der Waals surface area (Å²) in [4.78, 5) is 57.9. The standard InChI is InChI=1S/C25H19F2NO5.C24H28N2O3.2CH4/c1-14-5-7-18(28-22(14)15-3-2-4-16(11-15)23(30)31)13-21(29)24(9-10-24)17-6-8-19-20(12-17)33-25(26,27)32-19;1-23(2,3)16-11-17(24(4,5)6)20(27)12-19(16)26-22(29)15-13-25-18-10-8-7-9-14(18)21(15)28;;/h2-8,11-12H,9-10,13H2,1H3,(H,30,31);7-13,27H,1-6H3,(H,25,28)(H,26,29);2*1H4. The number of aromatic hydroxyl groups is 1. The number of amides is 1. The van der Waals surface area contributed by atoms with Crippen molar-refractivity contribution in [2.24, 2.45) is 0 Å². The van der Waals surface area contributed by atoms with Gasteiger partial charge in [0.1, 0.15) is 17.1 Å². The molecule has 1 amide bonds. The molecule has 0 saturated heterocycles. The Balaban J connectivity index is 0.000000236. The molecule has 0 atom stereocenters. The van der Waals surface area contributed by atoms with Crippen LogP contribution in [-0.2, 0) is 27.5 Å². The van der Waals surface area contributed by atoms with Crippen molar-refractivity contribution >= 4 is 34.3 Å². The quantitative estimate of drug-likeness (QED) is 0.116.